The van der Waals surface area contributed by atoms with Gasteiger partial charge in [0, 0.05) is 23.8 Å². The molecule has 1 heterocycles. The summed E-state index contributed by atoms with van der Waals surface area (Å²) in [5.74, 6) is 0. The molecular formula is C17H24N2. The van der Waals surface area contributed by atoms with Crippen LogP contribution in [-0.4, -0.2) is 11.5 Å². The standard InChI is InChI=1S/C17H24N2/c1-3-5-6-11-17(19-4-2)16-13-18-12-14-9-7-8-10-15(14)16/h7-10,12-13,17,19H,3-6,11H2,1-2H3. The number of nitrogens with one attached hydrogen (secondary N) is 1. The van der Waals surface area contributed by atoms with Gasteiger partial charge in [-0.15, -0.1) is 0 Å². The lowest BCUT2D eigenvalue weighted by molar-refractivity contribution is 0.488. The van der Waals surface area contributed by atoms with Crippen molar-refractivity contribution in [1.82, 2.24) is 10.3 Å². The fourth-order valence-corrected chi connectivity index (χ4v) is 2.63. The molecule has 0 aliphatic heterocycles. The van der Waals surface area contributed by atoms with E-state index in [1.54, 1.807) is 0 Å². The third-order valence-corrected chi connectivity index (χ3v) is 3.62. The van der Waals surface area contributed by atoms with Gasteiger partial charge in [-0.2, -0.15) is 0 Å². The minimum atomic E-state index is 0.426. The highest BCUT2D eigenvalue weighted by atomic mass is 14.9. The topological polar surface area (TPSA) is 24.9 Å². The number of fused-ring (bicyclic) bond motifs is 1. The number of hydrogen-bond acceptors (Lipinski definition) is 2. The maximum atomic E-state index is 4.40. The highest BCUT2D eigenvalue weighted by molar-refractivity contribution is 5.85. The number of benzene rings is 1. The molecule has 0 fully saturated rings. The zero-order valence-corrected chi connectivity index (χ0v) is 12.0. The molecule has 19 heavy (non-hydrogen) atoms. The Balaban J connectivity index is 2.27. The van der Waals surface area contributed by atoms with Crippen LogP contribution in [0.5, 0.6) is 0 Å². The van der Waals surface area contributed by atoms with Gasteiger partial charge in [-0.3, -0.25) is 4.98 Å². The Morgan fingerprint density at radius 1 is 1.11 bits per heavy atom. The lowest BCUT2D eigenvalue weighted by Gasteiger charge is -2.19. The van der Waals surface area contributed by atoms with Gasteiger partial charge in [0.15, 0.2) is 0 Å². The van der Waals surface area contributed by atoms with Crippen LogP contribution in [-0.2, 0) is 0 Å². The number of rotatable bonds is 7. The van der Waals surface area contributed by atoms with Crippen LogP contribution in [0.25, 0.3) is 10.8 Å². The van der Waals surface area contributed by atoms with E-state index in [0.717, 1.165) is 6.54 Å². The van der Waals surface area contributed by atoms with E-state index in [2.05, 4.69) is 48.4 Å². The number of pyridine rings is 1. The molecule has 0 saturated heterocycles. The van der Waals surface area contributed by atoms with Crippen molar-refractivity contribution >= 4 is 10.8 Å². The summed E-state index contributed by atoms with van der Waals surface area (Å²) in [5.41, 5.74) is 1.34. The summed E-state index contributed by atoms with van der Waals surface area (Å²) in [6.07, 6.45) is 9.02. The largest absolute Gasteiger partial charge is 0.310 e. The highest BCUT2D eigenvalue weighted by Crippen LogP contribution is 2.26. The Hall–Kier alpha value is -1.41. The van der Waals surface area contributed by atoms with E-state index in [9.17, 15) is 0 Å². The molecule has 2 heteroatoms. The van der Waals surface area contributed by atoms with Gasteiger partial charge >= 0.3 is 0 Å². The molecule has 0 aliphatic carbocycles. The first-order chi connectivity index (χ1) is 9.36. The predicted octanol–water partition coefficient (Wildman–Crippen LogP) is 4.47. The van der Waals surface area contributed by atoms with Crippen LogP contribution in [0.1, 0.15) is 51.1 Å². The molecule has 1 aromatic heterocycles. The third-order valence-electron chi connectivity index (χ3n) is 3.62. The van der Waals surface area contributed by atoms with Gasteiger partial charge in [-0.25, -0.2) is 0 Å². The molecule has 1 N–H and O–H groups in total. The Kier molecular flexibility index (Phi) is 5.34. The van der Waals surface area contributed by atoms with Gasteiger partial charge in [0.1, 0.15) is 0 Å². The van der Waals surface area contributed by atoms with E-state index in [1.807, 2.05) is 12.4 Å². The van der Waals surface area contributed by atoms with Crippen molar-refractivity contribution in [1.29, 1.82) is 0 Å². The van der Waals surface area contributed by atoms with Gasteiger partial charge in [0.2, 0.25) is 0 Å². The van der Waals surface area contributed by atoms with E-state index >= 15 is 0 Å². The Morgan fingerprint density at radius 3 is 2.74 bits per heavy atom. The van der Waals surface area contributed by atoms with Crippen molar-refractivity contribution in [3.8, 4) is 0 Å². The van der Waals surface area contributed by atoms with Crippen molar-refractivity contribution in [2.75, 3.05) is 6.54 Å². The number of hydrogen-bond donors (Lipinski definition) is 1. The maximum Gasteiger partial charge on any atom is 0.0346 e. The lowest BCUT2D eigenvalue weighted by Crippen LogP contribution is -2.21. The molecule has 0 spiro atoms. The number of nitrogens with zero attached hydrogens (tertiary/aromatic N) is 1. The summed E-state index contributed by atoms with van der Waals surface area (Å²) in [4.78, 5) is 4.40. The van der Waals surface area contributed by atoms with Crippen LogP contribution in [0, 0.1) is 0 Å². The highest BCUT2D eigenvalue weighted by Gasteiger charge is 2.13. The van der Waals surface area contributed by atoms with Gasteiger partial charge < -0.3 is 5.32 Å². The summed E-state index contributed by atoms with van der Waals surface area (Å²) in [7, 11) is 0. The average molecular weight is 256 g/mol. The smallest absolute Gasteiger partial charge is 0.0346 e. The van der Waals surface area contributed by atoms with E-state index in [-0.39, 0.29) is 0 Å². The monoisotopic (exact) mass is 256 g/mol. The predicted molar refractivity (Wildman–Crippen MR) is 82.3 cm³/mol. The molecule has 2 aromatic rings. The molecule has 0 saturated carbocycles. The fraction of sp³-hybridized carbons (Fsp3) is 0.471. The minimum Gasteiger partial charge on any atom is -0.310 e. The first-order valence-corrected chi connectivity index (χ1v) is 7.42. The second-order valence-corrected chi connectivity index (χ2v) is 5.06. The summed E-state index contributed by atoms with van der Waals surface area (Å²) in [5, 5.41) is 6.18. The van der Waals surface area contributed by atoms with Crippen LogP contribution in [0.3, 0.4) is 0 Å². The molecule has 0 aliphatic rings. The molecule has 1 unspecified atom stereocenters. The second kappa shape index (κ2) is 7.25. The summed E-state index contributed by atoms with van der Waals surface area (Å²) in [6.45, 7) is 5.42. The van der Waals surface area contributed by atoms with Gasteiger partial charge in [-0.1, -0.05) is 57.4 Å². The van der Waals surface area contributed by atoms with Gasteiger partial charge in [0.05, 0.1) is 0 Å². The first-order valence-electron chi connectivity index (χ1n) is 7.42. The molecule has 1 atom stereocenters. The van der Waals surface area contributed by atoms with E-state index in [1.165, 1.54) is 42.0 Å². The van der Waals surface area contributed by atoms with Crippen molar-refractivity contribution in [3.05, 3.63) is 42.2 Å². The second-order valence-electron chi connectivity index (χ2n) is 5.06. The molecule has 0 radical (unpaired) electrons. The Bertz CT molecular complexity index is 502. The van der Waals surface area contributed by atoms with Crippen LogP contribution < -0.4 is 5.32 Å². The van der Waals surface area contributed by atoms with Crippen LogP contribution in [0.4, 0.5) is 0 Å². The molecule has 1 aromatic carbocycles. The van der Waals surface area contributed by atoms with Gasteiger partial charge in [0.25, 0.3) is 0 Å². The van der Waals surface area contributed by atoms with Crippen LogP contribution >= 0.6 is 0 Å². The SMILES string of the molecule is CCCCCC(NCC)c1cncc2ccccc12. The first kappa shape index (κ1) is 14.0. The minimum absolute atomic E-state index is 0.426. The van der Waals surface area contributed by atoms with Crippen molar-refractivity contribution in [2.24, 2.45) is 0 Å². The van der Waals surface area contributed by atoms with E-state index in [0.29, 0.717) is 6.04 Å². The maximum absolute atomic E-state index is 4.40. The summed E-state index contributed by atoms with van der Waals surface area (Å²) >= 11 is 0. The molecule has 0 amide bonds. The van der Waals surface area contributed by atoms with Crippen molar-refractivity contribution < 1.29 is 0 Å². The van der Waals surface area contributed by atoms with Crippen LogP contribution in [0.2, 0.25) is 0 Å². The molecule has 102 valence electrons. The lowest BCUT2D eigenvalue weighted by atomic mass is 9.97. The summed E-state index contributed by atoms with van der Waals surface area (Å²) < 4.78 is 0. The fourth-order valence-electron chi connectivity index (χ4n) is 2.63. The molecule has 2 rings (SSSR count). The van der Waals surface area contributed by atoms with E-state index in [4.69, 9.17) is 0 Å². The van der Waals surface area contributed by atoms with Crippen molar-refractivity contribution in [3.63, 3.8) is 0 Å². The molecule has 2 nitrogen and oxygen atoms in total. The van der Waals surface area contributed by atoms with Gasteiger partial charge in [-0.05, 0) is 23.9 Å². The Morgan fingerprint density at radius 2 is 1.95 bits per heavy atom. The average Bonchev–Trinajstić information content (AvgIpc) is 2.46. The summed E-state index contributed by atoms with van der Waals surface area (Å²) in [6, 6.07) is 8.96. The van der Waals surface area contributed by atoms with E-state index < -0.39 is 0 Å². The van der Waals surface area contributed by atoms with Crippen molar-refractivity contribution in [2.45, 2.75) is 45.6 Å². The number of unbranched alkanes of at least 4 members (excludes halogenated alkanes) is 2. The van der Waals surface area contributed by atoms with Crippen LogP contribution in [0.15, 0.2) is 36.7 Å². The molecule has 0 bridgehead atoms. The normalized spacial score (nSPS) is 12.7. The zero-order valence-electron chi connectivity index (χ0n) is 12.0. The zero-order chi connectivity index (χ0) is 13.5. The Labute approximate surface area is 116 Å². The molecular weight excluding hydrogens is 232 g/mol. The third kappa shape index (κ3) is 3.54. The quantitative estimate of drug-likeness (QED) is 0.739. The number of aromatic nitrogens is 1.